The van der Waals surface area contributed by atoms with E-state index in [2.05, 4.69) is 60.2 Å². The predicted octanol–water partition coefficient (Wildman–Crippen LogP) is 12.4. The van der Waals surface area contributed by atoms with Crippen molar-refractivity contribution in [3.05, 3.63) is 147 Å². The van der Waals surface area contributed by atoms with Crippen molar-refractivity contribution in [2.24, 2.45) is 0 Å². The van der Waals surface area contributed by atoms with Crippen molar-refractivity contribution in [1.29, 1.82) is 5.26 Å². The van der Waals surface area contributed by atoms with Gasteiger partial charge in [0, 0.05) is 58.8 Å². The maximum Gasteiger partial charge on any atom is 0.270 e. The number of nitriles is 1. The Morgan fingerprint density at radius 3 is 1.81 bits per heavy atom. The average molecular weight is 825 g/mol. The van der Waals surface area contributed by atoms with Crippen LogP contribution in [0.2, 0.25) is 0 Å². The maximum atomic E-state index is 15.5. The second-order valence-corrected chi connectivity index (χ2v) is 16.8. The number of nitrogens with zero attached hydrogens (tertiary/aromatic N) is 4. The summed E-state index contributed by atoms with van der Waals surface area (Å²) in [6, 6.07) is 29.3. The van der Waals surface area contributed by atoms with Crippen LogP contribution in [0.1, 0.15) is 133 Å². The molecule has 7 heteroatoms. The van der Waals surface area contributed by atoms with Gasteiger partial charge in [-0.15, -0.1) is 0 Å². The fourth-order valence-corrected chi connectivity index (χ4v) is 9.72. The molecule has 0 aliphatic heterocycles. The lowest BCUT2D eigenvalue weighted by Crippen LogP contribution is -2.31. The summed E-state index contributed by atoms with van der Waals surface area (Å²) in [4.78, 5) is 6.23. The molecule has 62 heavy (non-hydrogen) atoms. The van der Waals surface area contributed by atoms with Gasteiger partial charge in [0.05, 0.1) is 29.5 Å². The predicted molar refractivity (Wildman–Crippen MR) is 253 cm³/mol. The van der Waals surface area contributed by atoms with Gasteiger partial charge >= 0.3 is 0 Å². The van der Waals surface area contributed by atoms with Crippen LogP contribution in [0.3, 0.4) is 0 Å². The van der Waals surface area contributed by atoms with E-state index in [1.165, 1.54) is 0 Å². The first-order valence-electron chi connectivity index (χ1n) is 23.0. The van der Waals surface area contributed by atoms with Gasteiger partial charge in [-0.05, 0) is 77.6 Å². The molecule has 5 aromatic rings. The zero-order valence-electron chi connectivity index (χ0n) is 37.0. The lowest BCUT2D eigenvalue weighted by Gasteiger charge is -2.41. The molecule has 0 heterocycles. The van der Waals surface area contributed by atoms with Crippen molar-refractivity contribution in [2.45, 2.75) is 105 Å². The summed E-state index contributed by atoms with van der Waals surface area (Å²) >= 11 is 0. The van der Waals surface area contributed by atoms with Crippen LogP contribution in [0.25, 0.3) is 37.5 Å². The first kappa shape index (κ1) is 43.8. The van der Waals surface area contributed by atoms with Crippen LogP contribution in [0.15, 0.2) is 108 Å². The Bertz CT molecular complexity index is 2670. The van der Waals surface area contributed by atoms with E-state index >= 15 is 5.11 Å². The van der Waals surface area contributed by atoms with E-state index in [4.69, 9.17) is 6.57 Å². The third kappa shape index (κ3) is 8.10. The maximum absolute atomic E-state index is 15.5. The molecule has 0 saturated heterocycles. The summed E-state index contributed by atoms with van der Waals surface area (Å²) in [5.41, 5.74) is 6.69. The van der Waals surface area contributed by atoms with Crippen molar-refractivity contribution in [2.75, 3.05) is 31.1 Å². The molecule has 2 aliphatic rings. The molecule has 0 spiro atoms. The van der Waals surface area contributed by atoms with Crippen LogP contribution in [0, 0.1) is 17.9 Å². The van der Waals surface area contributed by atoms with Gasteiger partial charge in [-0.1, -0.05) is 133 Å². The molecule has 7 rings (SSSR count). The molecule has 0 atom stereocenters. The quantitative estimate of drug-likeness (QED) is 0.0296. The van der Waals surface area contributed by atoms with E-state index in [1.54, 1.807) is 12.1 Å². The van der Waals surface area contributed by atoms with Crippen LogP contribution in [0.5, 0.6) is 11.5 Å². The topological polar surface area (TPSA) is 97.9 Å². The van der Waals surface area contributed by atoms with Gasteiger partial charge in [-0.2, -0.15) is 0 Å². The molecule has 0 bridgehead atoms. The number of allylic oxidation sites excluding steroid dienone is 3. The van der Waals surface area contributed by atoms with Gasteiger partial charge in [-0.25, -0.2) is 14.7 Å². The summed E-state index contributed by atoms with van der Waals surface area (Å²) < 4.78 is 2.46. The molecule has 0 unspecified atom stereocenters. The zero-order chi connectivity index (χ0) is 43.8. The smallest absolute Gasteiger partial charge is 0.270 e. The van der Waals surface area contributed by atoms with Gasteiger partial charge in [0.15, 0.2) is 0 Å². The molecular weight excluding hydrogens is 765 g/mol. The number of anilines is 1. The number of aromatic hydroxyl groups is 2. The van der Waals surface area contributed by atoms with Crippen LogP contribution in [-0.2, 0) is 0 Å². The molecule has 318 valence electrons. The average Bonchev–Trinajstić information content (AvgIpc) is 3.28. The molecule has 0 radical (unpaired) electrons. The Hall–Kier alpha value is -6.31. The largest absolute Gasteiger partial charge is 0.872 e. The molecule has 2 aliphatic carbocycles. The monoisotopic (exact) mass is 824 g/mol. The van der Waals surface area contributed by atoms with Crippen LogP contribution in [-0.4, -0.2) is 46.7 Å². The molecule has 2 N–H and O–H groups in total. The number of phenols is 2. The van der Waals surface area contributed by atoms with E-state index in [0.29, 0.717) is 22.1 Å². The van der Waals surface area contributed by atoms with Crippen molar-refractivity contribution in [1.82, 2.24) is 0 Å². The first-order chi connectivity index (χ1) is 30.4. The highest BCUT2D eigenvalue weighted by atomic mass is 16.3. The Morgan fingerprint density at radius 1 is 0.629 bits per heavy atom. The number of hydrogen-bond donors (Lipinski definition) is 2. The minimum Gasteiger partial charge on any atom is -0.872 e. The molecule has 0 amide bonds. The fourth-order valence-electron chi connectivity index (χ4n) is 9.72. The number of fused-ring (bicyclic) bond motifs is 4. The Labute approximate surface area is 368 Å². The van der Waals surface area contributed by atoms with Gasteiger partial charge < -0.3 is 20.2 Å². The normalized spacial score (nSPS) is 15.2. The number of hydrogen-bond acceptors (Lipinski definition) is 5. The number of benzene rings is 5. The highest BCUT2D eigenvalue weighted by Gasteiger charge is 2.40. The van der Waals surface area contributed by atoms with Gasteiger partial charge in [0.25, 0.3) is 5.70 Å². The summed E-state index contributed by atoms with van der Waals surface area (Å²) in [7, 11) is 0. The highest BCUT2D eigenvalue weighted by molar-refractivity contribution is 6.26. The highest BCUT2D eigenvalue weighted by Crippen LogP contribution is 2.57. The standard InChI is InChI=1S/C55H60N4O3/c1-6-10-18-32-58(33-19-11-7-2)53-39-26-16-14-24-37(39)48(46-41(53)28-22-30-44(46)60)51-50(43(36-56)57-5)52(55(51)62)49-38-25-15-17-27-40(38)54(42-29-23-31-45(61)47(42)49)59(34-20-12-8-3)35-21-13-9-4/h14-17,22-31H,6-13,18-21,32-35H2,1-4H3,(H2-,60,61,62). The van der Waals surface area contributed by atoms with E-state index in [0.717, 1.165) is 147 Å². The van der Waals surface area contributed by atoms with Crippen molar-refractivity contribution in [3.8, 4) is 17.6 Å². The van der Waals surface area contributed by atoms with Gasteiger partial charge in [0.1, 0.15) is 24.6 Å². The van der Waals surface area contributed by atoms with E-state index in [9.17, 15) is 15.5 Å². The van der Waals surface area contributed by atoms with Crippen molar-refractivity contribution >= 4 is 44.1 Å². The summed E-state index contributed by atoms with van der Waals surface area (Å²) in [5.74, 6) is -0.262. The number of unbranched alkanes of at least 4 members (excludes halogenated alkanes) is 8. The molecular formula is C55H60N4O3. The fraction of sp³-hybridized carbons (Fsp3) is 0.364. The van der Waals surface area contributed by atoms with Gasteiger partial charge in [0.2, 0.25) is 5.71 Å². The van der Waals surface area contributed by atoms with E-state index in [-0.39, 0.29) is 39.7 Å². The van der Waals surface area contributed by atoms with Crippen LogP contribution < -0.4 is 10.0 Å². The Kier molecular flexibility index (Phi) is 14.1. The molecule has 0 saturated carbocycles. The second-order valence-electron chi connectivity index (χ2n) is 16.8. The first-order valence-corrected chi connectivity index (χ1v) is 23.0. The third-order valence-electron chi connectivity index (χ3n) is 12.7. The number of rotatable bonds is 18. The Morgan fingerprint density at radius 2 is 1.18 bits per heavy atom. The minimum atomic E-state index is -0.327. The number of phenolic OH excluding ortho intramolecular Hbond substituents is 2. The van der Waals surface area contributed by atoms with Crippen LogP contribution in [0.4, 0.5) is 5.69 Å². The SMILES string of the molecule is [C-]#[N+]/C(C#N)=C1C(c2c3ccccc3c(N(CCCCC)CCCCC)c3cccc(O)c23)=C([O-])C/1=C1\c2ccccc2C(=[N+](CCCCC)CCCCC)c2cccc(O)c21. The molecule has 0 fully saturated rings. The lowest BCUT2D eigenvalue weighted by atomic mass is 9.69. The summed E-state index contributed by atoms with van der Waals surface area (Å²) in [5, 5.41) is 53.2. The zero-order valence-corrected chi connectivity index (χ0v) is 37.0. The molecule has 0 aromatic heterocycles. The summed E-state index contributed by atoms with van der Waals surface area (Å²) in [6.45, 7) is 20.6. The van der Waals surface area contributed by atoms with Crippen molar-refractivity contribution < 1.29 is 19.9 Å². The third-order valence-corrected chi connectivity index (χ3v) is 12.7. The second kappa shape index (κ2) is 20.0. The summed E-state index contributed by atoms with van der Waals surface area (Å²) in [6.07, 6.45) is 12.9. The van der Waals surface area contributed by atoms with E-state index in [1.807, 2.05) is 60.7 Å². The Balaban J connectivity index is 1.57. The molecule has 7 nitrogen and oxygen atoms in total. The molecule has 5 aromatic carbocycles. The minimum absolute atomic E-state index is 0.0325. The van der Waals surface area contributed by atoms with Crippen LogP contribution >= 0.6 is 0 Å². The van der Waals surface area contributed by atoms with Gasteiger partial charge in [-0.3, -0.25) is 0 Å². The lowest BCUT2D eigenvalue weighted by molar-refractivity contribution is -0.528. The van der Waals surface area contributed by atoms with E-state index < -0.39 is 0 Å². The van der Waals surface area contributed by atoms with Crippen molar-refractivity contribution in [3.63, 3.8) is 0 Å².